The zero-order valence-electron chi connectivity index (χ0n) is 13.1. The smallest absolute Gasteiger partial charge is 0.241 e. The van der Waals surface area contributed by atoms with Crippen molar-refractivity contribution in [2.75, 3.05) is 43.6 Å². The Bertz CT molecular complexity index is 478. The van der Waals surface area contributed by atoms with Gasteiger partial charge in [-0.15, -0.1) is 0 Å². The lowest BCUT2D eigenvalue weighted by Gasteiger charge is -2.27. The number of nitrogens with zero attached hydrogens (tertiary/aromatic N) is 1. The van der Waals surface area contributed by atoms with E-state index in [0.29, 0.717) is 6.42 Å². The second-order valence-corrected chi connectivity index (χ2v) is 6.41. The summed E-state index contributed by atoms with van der Waals surface area (Å²) >= 11 is 1.70. The number of para-hydroxylation sites is 1. The minimum Gasteiger partial charge on any atom is -0.379 e. The molecular formula is C16H25N3O2S. The maximum atomic E-state index is 12.2. The van der Waals surface area contributed by atoms with Gasteiger partial charge in [-0.05, 0) is 30.1 Å². The molecule has 1 heterocycles. The minimum atomic E-state index is -0.455. The van der Waals surface area contributed by atoms with Crippen LogP contribution in [0.25, 0.3) is 0 Å². The highest BCUT2D eigenvalue weighted by atomic mass is 32.2. The van der Waals surface area contributed by atoms with Gasteiger partial charge in [0.05, 0.1) is 19.3 Å². The zero-order valence-corrected chi connectivity index (χ0v) is 13.9. The Morgan fingerprint density at radius 1 is 1.41 bits per heavy atom. The molecule has 3 N–H and O–H groups in total. The molecule has 0 unspecified atom stereocenters. The van der Waals surface area contributed by atoms with Crippen LogP contribution in [-0.2, 0) is 16.1 Å². The van der Waals surface area contributed by atoms with Gasteiger partial charge < -0.3 is 15.8 Å². The van der Waals surface area contributed by atoms with Gasteiger partial charge in [-0.25, -0.2) is 0 Å². The van der Waals surface area contributed by atoms with Crippen molar-refractivity contribution in [1.29, 1.82) is 0 Å². The van der Waals surface area contributed by atoms with E-state index in [2.05, 4.69) is 16.3 Å². The van der Waals surface area contributed by atoms with E-state index >= 15 is 0 Å². The summed E-state index contributed by atoms with van der Waals surface area (Å²) in [6.07, 6.45) is 2.71. The second-order valence-electron chi connectivity index (χ2n) is 5.42. The lowest BCUT2D eigenvalue weighted by atomic mass is 10.1. The third-order valence-electron chi connectivity index (χ3n) is 3.74. The fourth-order valence-electron chi connectivity index (χ4n) is 2.38. The van der Waals surface area contributed by atoms with Gasteiger partial charge in [0, 0.05) is 25.3 Å². The molecule has 0 radical (unpaired) electrons. The Hall–Kier alpha value is -1.08. The molecule has 1 amide bonds. The summed E-state index contributed by atoms with van der Waals surface area (Å²) in [5, 5.41) is 2.98. The first-order chi connectivity index (χ1) is 10.7. The number of nitrogens with one attached hydrogen (secondary N) is 1. The van der Waals surface area contributed by atoms with Gasteiger partial charge in [-0.1, -0.05) is 18.2 Å². The first kappa shape index (κ1) is 17.3. The van der Waals surface area contributed by atoms with Crippen LogP contribution in [0, 0.1) is 0 Å². The molecule has 5 nitrogen and oxygen atoms in total. The molecule has 1 saturated heterocycles. The van der Waals surface area contributed by atoms with Crippen LogP contribution in [0.2, 0.25) is 0 Å². The molecular weight excluding hydrogens is 298 g/mol. The monoisotopic (exact) mass is 323 g/mol. The van der Waals surface area contributed by atoms with Crippen LogP contribution < -0.4 is 11.1 Å². The quantitative estimate of drug-likeness (QED) is 0.797. The van der Waals surface area contributed by atoms with Crippen molar-refractivity contribution in [3.8, 4) is 0 Å². The molecule has 1 atom stereocenters. The van der Waals surface area contributed by atoms with Crippen molar-refractivity contribution in [3.63, 3.8) is 0 Å². The topological polar surface area (TPSA) is 67.6 Å². The van der Waals surface area contributed by atoms with Gasteiger partial charge >= 0.3 is 0 Å². The SMILES string of the molecule is CSCC[C@H](N)C(=O)Nc1ccccc1CN1CCOCC1. The molecule has 0 spiro atoms. The first-order valence-corrected chi connectivity index (χ1v) is 9.03. The molecule has 6 heteroatoms. The molecule has 1 aromatic carbocycles. The molecule has 22 heavy (non-hydrogen) atoms. The predicted octanol–water partition coefficient (Wildman–Crippen LogP) is 1.54. The number of carbonyl (C=O) groups excluding carboxylic acids is 1. The molecule has 122 valence electrons. The van der Waals surface area contributed by atoms with E-state index in [1.807, 2.05) is 24.5 Å². The van der Waals surface area contributed by atoms with Crippen molar-refractivity contribution in [3.05, 3.63) is 29.8 Å². The maximum absolute atomic E-state index is 12.2. The number of carbonyl (C=O) groups is 1. The molecule has 1 aliphatic rings. The Labute approximate surface area is 136 Å². The van der Waals surface area contributed by atoms with Gasteiger partial charge in [0.25, 0.3) is 0 Å². The molecule has 2 rings (SSSR count). The van der Waals surface area contributed by atoms with Crippen LogP contribution in [-0.4, -0.2) is 55.2 Å². The van der Waals surface area contributed by atoms with E-state index < -0.39 is 6.04 Å². The molecule has 0 aliphatic carbocycles. The normalized spacial score (nSPS) is 17.2. The van der Waals surface area contributed by atoms with Gasteiger partial charge in [0.15, 0.2) is 0 Å². The number of ether oxygens (including phenoxy) is 1. The molecule has 0 saturated carbocycles. The summed E-state index contributed by atoms with van der Waals surface area (Å²) in [4.78, 5) is 14.5. The second kappa shape index (κ2) is 9.15. The molecule has 0 aromatic heterocycles. The van der Waals surface area contributed by atoms with Crippen LogP contribution in [0.15, 0.2) is 24.3 Å². The Morgan fingerprint density at radius 2 is 2.14 bits per heavy atom. The largest absolute Gasteiger partial charge is 0.379 e. The third-order valence-corrected chi connectivity index (χ3v) is 4.39. The van der Waals surface area contributed by atoms with Crippen LogP contribution in [0.4, 0.5) is 5.69 Å². The van der Waals surface area contributed by atoms with Crippen LogP contribution in [0.1, 0.15) is 12.0 Å². The van der Waals surface area contributed by atoms with E-state index in [1.54, 1.807) is 11.8 Å². The van der Waals surface area contributed by atoms with Crippen molar-refractivity contribution in [1.82, 2.24) is 4.90 Å². The number of benzene rings is 1. The summed E-state index contributed by atoms with van der Waals surface area (Å²) in [6.45, 7) is 4.22. The van der Waals surface area contributed by atoms with Crippen molar-refractivity contribution in [2.45, 2.75) is 19.0 Å². The number of amides is 1. The van der Waals surface area contributed by atoms with E-state index in [-0.39, 0.29) is 5.91 Å². The number of nitrogens with two attached hydrogens (primary N) is 1. The highest BCUT2D eigenvalue weighted by Crippen LogP contribution is 2.18. The fraction of sp³-hybridized carbons (Fsp3) is 0.562. The minimum absolute atomic E-state index is 0.108. The molecule has 0 bridgehead atoms. The summed E-state index contributed by atoms with van der Waals surface area (Å²) < 4.78 is 5.37. The van der Waals surface area contributed by atoms with Crippen molar-refractivity contribution in [2.24, 2.45) is 5.73 Å². The average molecular weight is 323 g/mol. The number of hydrogen-bond donors (Lipinski definition) is 2. The number of hydrogen-bond acceptors (Lipinski definition) is 5. The Kier molecular flexibility index (Phi) is 7.18. The van der Waals surface area contributed by atoms with Gasteiger partial charge in [0.1, 0.15) is 0 Å². The summed E-state index contributed by atoms with van der Waals surface area (Å²) in [7, 11) is 0. The van der Waals surface area contributed by atoms with Crippen LogP contribution >= 0.6 is 11.8 Å². The van der Waals surface area contributed by atoms with Crippen molar-refractivity contribution < 1.29 is 9.53 Å². The average Bonchev–Trinajstić information content (AvgIpc) is 2.55. The fourth-order valence-corrected chi connectivity index (χ4v) is 2.87. The predicted molar refractivity (Wildman–Crippen MR) is 92.1 cm³/mol. The number of rotatable bonds is 7. The van der Waals surface area contributed by atoms with E-state index in [9.17, 15) is 4.79 Å². The van der Waals surface area contributed by atoms with Gasteiger partial charge in [0.2, 0.25) is 5.91 Å². The van der Waals surface area contributed by atoms with Crippen LogP contribution in [0.3, 0.4) is 0 Å². The highest BCUT2D eigenvalue weighted by molar-refractivity contribution is 7.98. The van der Waals surface area contributed by atoms with E-state index in [0.717, 1.165) is 49.9 Å². The molecule has 1 fully saturated rings. The first-order valence-electron chi connectivity index (χ1n) is 7.64. The Morgan fingerprint density at radius 3 is 2.86 bits per heavy atom. The third kappa shape index (κ3) is 5.28. The summed E-state index contributed by atoms with van der Waals surface area (Å²) in [5.74, 6) is 0.785. The number of thioether (sulfide) groups is 1. The van der Waals surface area contributed by atoms with Gasteiger partial charge in [-0.2, -0.15) is 11.8 Å². The standard InChI is InChI=1S/C16H25N3O2S/c1-22-11-6-14(17)16(20)18-15-5-3-2-4-13(15)12-19-7-9-21-10-8-19/h2-5,14H,6-12,17H2,1H3,(H,18,20)/t14-/m0/s1. The van der Waals surface area contributed by atoms with Crippen LogP contribution in [0.5, 0.6) is 0 Å². The van der Waals surface area contributed by atoms with Gasteiger partial charge in [-0.3, -0.25) is 9.69 Å². The lowest BCUT2D eigenvalue weighted by Crippen LogP contribution is -2.37. The zero-order chi connectivity index (χ0) is 15.8. The summed E-state index contributed by atoms with van der Waals surface area (Å²) in [6, 6.07) is 7.47. The molecule has 1 aliphatic heterocycles. The lowest BCUT2D eigenvalue weighted by molar-refractivity contribution is -0.117. The number of anilines is 1. The van der Waals surface area contributed by atoms with E-state index in [4.69, 9.17) is 10.5 Å². The highest BCUT2D eigenvalue weighted by Gasteiger charge is 2.16. The van der Waals surface area contributed by atoms with Crippen molar-refractivity contribution >= 4 is 23.4 Å². The molecule has 1 aromatic rings. The summed E-state index contributed by atoms with van der Waals surface area (Å²) in [5.41, 5.74) is 7.91. The maximum Gasteiger partial charge on any atom is 0.241 e. The Balaban J connectivity index is 1.96. The number of morpholine rings is 1. The van der Waals surface area contributed by atoms with E-state index in [1.165, 1.54) is 0 Å².